The first-order valence-corrected chi connectivity index (χ1v) is 5.06. The zero-order valence-corrected chi connectivity index (χ0v) is 9.16. The van der Waals surface area contributed by atoms with Gasteiger partial charge in [0.1, 0.15) is 5.69 Å². The third-order valence-corrected chi connectivity index (χ3v) is 2.50. The molecule has 78 valence electrons. The lowest BCUT2D eigenvalue weighted by Gasteiger charge is -2.01. The predicted octanol–water partition coefficient (Wildman–Crippen LogP) is 3.57. The van der Waals surface area contributed by atoms with Crippen LogP contribution < -0.4 is 0 Å². The number of rotatable bonds is 2. The summed E-state index contributed by atoms with van der Waals surface area (Å²) in [6, 6.07) is 9.18. The molecule has 0 aliphatic heterocycles. The van der Waals surface area contributed by atoms with E-state index in [1.807, 2.05) is 30.3 Å². The van der Waals surface area contributed by atoms with Gasteiger partial charge in [-0.3, -0.25) is 4.57 Å². The summed E-state index contributed by atoms with van der Waals surface area (Å²) < 4.78 is 26.7. The van der Waals surface area contributed by atoms with Crippen LogP contribution in [0, 0.1) is 0 Å². The van der Waals surface area contributed by atoms with E-state index in [4.69, 9.17) is 0 Å². The maximum absolute atomic E-state index is 12.4. The Morgan fingerprint density at radius 1 is 1.20 bits per heavy atom. The maximum atomic E-state index is 12.4. The van der Waals surface area contributed by atoms with Crippen LogP contribution in [-0.4, -0.2) is 9.55 Å². The quantitative estimate of drug-likeness (QED) is 0.817. The van der Waals surface area contributed by atoms with Gasteiger partial charge in [0.2, 0.25) is 0 Å². The van der Waals surface area contributed by atoms with Crippen molar-refractivity contribution in [3.05, 3.63) is 47.0 Å². The molecule has 0 amide bonds. The van der Waals surface area contributed by atoms with Gasteiger partial charge in [-0.25, -0.2) is 13.8 Å². The number of nitrogens with zero attached hydrogens (tertiary/aromatic N) is 2. The molecular formula is C10H7BrF2N2. The second kappa shape index (κ2) is 4.10. The van der Waals surface area contributed by atoms with E-state index in [1.54, 1.807) is 4.57 Å². The molecule has 0 aliphatic carbocycles. The number of halogens is 3. The van der Waals surface area contributed by atoms with E-state index in [0.717, 1.165) is 5.69 Å². The molecule has 2 rings (SSSR count). The molecule has 0 saturated carbocycles. The Bertz CT molecular complexity index is 454. The zero-order chi connectivity index (χ0) is 10.8. The number of imidazole rings is 1. The summed E-state index contributed by atoms with van der Waals surface area (Å²) in [6.45, 7) is 0. The third kappa shape index (κ3) is 2.07. The van der Waals surface area contributed by atoms with Gasteiger partial charge in [0.15, 0.2) is 4.73 Å². The first-order valence-electron chi connectivity index (χ1n) is 4.27. The molecule has 0 atom stereocenters. The molecule has 2 aromatic rings. The first-order chi connectivity index (χ1) is 7.18. The Labute approximate surface area is 93.7 Å². The first kappa shape index (κ1) is 10.3. The van der Waals surface area contributed by atoms with Gasteiger partial charge in [0, 0.05) is 11.9 Å². The molecule has 0 aliphatic rings. The Morgan fingerprint density at radius 3 is 2.40 bits per heavy atom. The molecule has 1 aromatic heterocycles. The minimum absolute atomic E-state index is 0.231. The largest absolute Gasteiger partial charge is 0.294 e. The van der Waals surface area contributed by atoms with Crippen LogP contribution in [0.2, 0.25) is 0 Å². The Kier molecular flexibility index (Phi) is 2.81. The predicted molar refractivity (Wildman–Crippen MR) is 56.2 cm³/mol. The smallest absolute Gasteiger partial charge is 0.281 e. The molecule has 0 spiro atoms. The molecule has 15 heavy (non-hydrogen) atoms. The average molecular weight is 273 g/mol. The molecule has 0 radical (unpaired) electrons. The highest BCUT2D eigenvalue weighted by Crippen LogP contribution is 2.23. The van der Waals surface area contributed by atoms with Crippen LogP contribution in [0.5, 0.6) is 0 Å². The molecule has 1 aromatic carbocycles. The minimum atomic E-state index is -2.55. The van der Waals surface area contributed by atoms with Crippen molar-refractivity contribution in [1.29, 1.82) is 0 Å². The van der Waals surface area contributed by atoms with Crippen molar-refractivity contribution >= 4 is 15.9 Å². The van der Waals surface area contributed by atoms with Crippen molar-refractivity contribution in [1.82, 2.24) is 9.55 Å². The fourth-order valence-electron chi connectivity index (χ4n) is 1.25. The summed E-state index contributed by atoms with van der Waals surface area (Å²) in [4.78, 5) is 3.72. The van der Waals surface area contributed by atoms with Crippen molar-refractivity contribution in [3.8, 4) is 5.69 Å². The standard InChI is InChI=1S/C10H7BrF2N2/c11-10-14-8(9(12)13)6-15(10)7-4-2-1-3-5-7/h1-6,9H. The molecule has 0 fully saturated rings. The molecule has 1 heterocycles. The lowest BCUT2D eigenvalue weighted by Crippen LogP contribution is -1.91. The second-order valence-corrected chi connectivity index (χ2v) is 3.65. The normalized spacial score (nSPS) is 10.9. The van der Waals surface area contributed by atoms with E-state index in [2.05, 4.69) is 20.9 Å². The Hall–Kier alpha value is -1.23. The van der Waals surface area contributed by atoms with E-state index in [0.29, 0.717) is 4.73 Å². The van der Waals surface area contributed by atoms with Crippen LogP contribution in [0.25, 0.3) is 5.69 Å². The highest BCUT2D eigenvalue weighted by molar-refractivity contribution is 9.10. The van der Waals surface area contributed by atoms with E-state index in [1.165, 1.54) is 6.20 Å². The Morgan fingerprint density at radius 2 is 1.87 bits per heavy atom. The zero-order valence-electron chi connectivity index (χ0n) is 7.57. The van der Waals surface area contributed by atoms with Crippen LogP contribution in [-0.2, 0) is 0 Å². The number of benzene rings is 1. The van der Waals surface area contributed by atoms with Crippen molar-refractivity contribution in [2.45, 2.75) is 6.43 Å². The van der Waals surface area contributed by atoms with Crippen LogP contribution in [0.3, 0.4) is 0 Å². The topological polar surface area (TPSA) is 17.8 Å². The summed E-state index contributed by atoms with van der Waals surface area (Å²) in [7, 11) is 0. The summed E-state index contributed by atoms with van der Waals surface area (Å²) in [5.74, 6) is 0. The summed E-state index contributed by atoms with van der Waals surface area (Å²) in [5, 5.41) is 0. The molecule has 0 saturated heterocycles. The average Bonchev–Trinajstić information content (AvgIpc) is 2.62. The van der Waals surface area contributed by atoms with E-state index in [9.17, 15) is 8.78 Å². The van der Waals surface area contributed by atoms with E-state index >= 15 is 0 Å². The highest BCUT2D eigenvalue weighted by Gasteiger charge is 2.14. The van der Waals surface area contributed by atoms with Gasteiger partial charge in [-0.1, -0.05) is 18.2 Å². The van der Waals surface area contributed by atoms with E-state index in [-0.39, 0.29) is 5.69 Å². The number of aromatic nitrogens is 2. The molecule has 0 N–H and O–H groups in total. The van der Waals surface area contributed by atoms with Gasteiger partial charge in [0.05, 0.1) is 0 Å². The van der Waals surface area contributed by atoms with Gasteiger partial charge in [-0.15, -0.1) is 0 Å². The van der Waals surface area contributed by atoms with Gasteiger partial charge >= 0.3 is 0 Å². The SMILES string of the molecule is FC(F)c1cn(-c2ccccc2)c(Br)n1. The fourth-order valence-corrected chi connectivity index (χ4v) is 1.76. The number of hydrogen-bond donors (Lipinski definition) is 0. The lowest BCUT2D eigenvalue weighted by molar-refractivity contribution is 0.146. The third-order valence-electron chi connectivity index (χ3n) is 1.94. The molecule has 0 bridgehead atoms. The molecule has 2 nitrogen and oxygen atoms in total. The Balaban J connectivity index is 2.45. The maximum Gasteiger partial charge on any atom is 0.281 e. The van der Waals surface area contributed by atoms with Crippen molar-refractivity contribution in [2.75, 3.05) is 0 Å². The van der Waals surface area contributed by atoms with Crippen LogP contribution >= 0.6 is 15.9 Å². The monoisotopic (exact) mass is 272 g/mol. The molecule has 0 unspecified atom stereocenters. The van der Waals surface area contributed by atoms with Crippen molar-refractivity contribution in [3.63, 3.8) is 0 Å². The van der Waals surface area contributed by atoms with Crippen LogP contribution in [0.1, 0.15) is 12.1 Å². The van der Waals surface area contributed by atoms with Gasteiger partial charge in [-0.2, -0.15) is 0 Å². The fraction of sp³-hybridized carbons (Fsp3) is 0.100. The van der Waals surface area contributed by atoms with Gasteiger partial charge in [-0.05, 0) is 28.1 Å². The minimum Gasteiger partial charge on any atom is -0.294 e. The lowest BCUT2D eigenvalue weighted by atomic mass is 10.3. The van der Waals surface area contributed by atoms with Crippen LogP contribution in [0.15, 0.2) is 41.3 Å². The number of hydrogen-bond acceptors (Lipinski definition) is 1. The summed E-state index contributed by atoms with van der Waals surface area (Å²) in [5.41, 5.74) is 0.564. The molecule has 5 heteroatoms. The highest BCUT2D eigenvalue weighted by atomic mass is 79.9. The van der Waals surface area contributed by atoms with Gasteiger partial charge in [0.25, 0.3) is 6.43 Å². The van der Waals surface area contributed by atoms with Crippen molar-refractivity contribution in [2.24, 2.45) is 0 Å². The van der Waals surface area contributed by atoms with Gasteiger partial charge < -0.3 is 0 Å². The van der Waals surface area contributed by atoms with E-state index < -0.39 is 6.43 Å². The number of alkyl halides is 2. The molecular weight excluding hydrogens is 266 g/mol. The summed E-state index contributed by atoms with van der Waals surface area (Å²) in [6.07, 6.45) is -1.23. The van der Waals surface area contributed by atoms with Crippen LogP contribution in [0.4, 0.5) is 8.78 Å². The number of para-hydroxylation sites is 1. The van der Waals surface area contributed by atoms with Crippen molar-refractivity contribution < 1.29 is 8.78 Å². The second-order valence-electron chi connectivity index (χ2n) is 2.94. The summed E-state index contributed by atoms with van der Waals surface area (Å²) >= 11 is 3.14.